The number of aryl methyl sites for hydroxylation is 1. The quantitative estimate of drug-likeness (QED) is 0.787. The summed E-state index contributed by atoms with van der Waals surface area (Å²) >= 11 is 3.20. The van der Waals surface area contributed by atoms with Crippen LogP contribution in [0.2, 0.25) is 0 Å². The smallest absolute Gasteiger partial charge is 0.141 e. The molecular weight excluding hydrogens is 249 g/mol. The molecule has 2 aromatic rings. The fourth-order valence-corrected chi connectivity index (χ4v) is 1.52. The molecular formula is C9H7BrFN3. The molecule has 14 heavy (non-hydrogen) atoms. The minimum Gasteiger partial charge on any atom is -0.274 e. The van der Waals surface area contributed by atoms with Gasteiger partial charge in [-0.05, 0) is 28.1 Å². The summed E-state index contributed by atoms with van der Waals surface area (Å²) in [5, 5.41) is 3.90. The normalized spacial score (nSPS) is 14.6. The Kier molecular flexibility index (Phi) is 1.57. The van der Waals surface area contributed by atoms with Crippen LogP contribution in [0.15, 0.2) is 29.0 Å². The van der Waals surface area contributed by atoms with Crippen LogP contribution in [0.4, 0.5) is 4.39 Å². The van der Waals surface area contributed by atoms with Crippen molar-refractivity contribution in [3.05, 3.63) is 34.8 Å². The third kappa shape index (κ3) is 1.68. The first-order valence-electron chi connectivity index (χ1n) is 5.25. The molecule has 0 aliphatic heterocycles. The predicted molar refractivity (Wildman–Crippen MR) is 54.1 cm³/mol. The van der Waals surface area contributed by atoms with E-state index in [0.717, 1.165) is 10.9 Å². The summed E-state index contributed by atoms with van der Waals surface area (Å²) in [6.07, 6.45) is 2.39. The number of nitrogens with zero attached hydrogens (tertiary/aromatic N) is 3. The Morgan fingerprint density at radius 2 is 2.43 bits per heavy atom. The van der Waals surface area contributed by atoms with Gasteiger partial charge >= 0.3 is 0 Å². The molecule has 5 heteroatoms. The Hall–Kier alpha value is -1.23. The van der Waals surface area contributed by atoms with Crippen molar-refractivity contribution < 1.29 is 8.50 Å². The summed E-state index contributed by atoms with van der Waals surface area (Å²) in [6, 6.07) is 2.68. The van der Waals surface area contributed by atoms with Crippen LogP contribution in [-0.4, -0.2) is 14.8 Å². The first-order valence-corrected chi connectivity index (χ1v) is 4.55. The van der Waals surface area contributed by atoms with Crippen molar-refractivity contribution in [3.8, 4) is 11.4 Å². The van der Waals surface area contributed by atoms with E-state index in [9.17, 15) is 4.39 Å². The summed E-state index contributed by atoms with van der Waals surface area (Å²) in [4.78, 5) is 3.84. The van der Waals surface area contributed by atoms with Crippen LogP contribution >= 0.6 is 15.9 Å². The van der Waals surface area contributed by atoms with E-state index in [1.54, 1.807) is 0 Å². The van der Waals surface area contributed by atoms with Crippen LogP contribution in [0.5, 0.6) is 0 Å². The molecule has 0 N–H and O–H groups in total. The Labute approximate surface area is 92.9 Å². The van der Waals surface area contributed by atoms with E-state index in [1.807, 2.05) is 0 Å². The maximum atomic E-state index is 12.7. The number of rotatable bonds is 1. The number of pyridine rings is 1. The van der Waals surface area contributed by atoms with Crippen molar-refractivity contribution in [1.29, 1.82) is 0 Å². The number of hydrogen-bond donors (Lipinski definition) is 0. The van der Waals surface area contributed by atoms with Crippen LogP contribution in [0.1, 0.15) is 4.11 Å². The highest BCUT2D eigenvalue weighted by molar-refractivity contribution is 9.10. The number of hydrogen-bond acceptors (Lipinski definition) is 2. The predicted octanol–water partition coefficient (Wildman–Crippen LogP) is 2.38. The Bertz CT molecular complexity index is 535. The van der Waals surface area contributed by atoms with Crippen molar-refractivity contribution in [2.75, 3.05) is 0 Å². The molecule has 0 amide bonds. The van der Waals surface area contributed by atoms with Crippen LogP contribution in [0.3, 0.4) is 0 Å². The van der Waals surface area contributed by atoms with E-state index in [0.29, 0.717) is 15.9 Å². The van der Waals surface area contributed by atoms with E-state index in [2.05, 4.69) is 26.0 Å². The van der Waals surface area contributed by atoms with E-state index >= 15 is 0 Å². The summed E-state index contributed by atoms with van der Waals surface area (Å²) in [5.41, 5.74) is 0.766. The molecule has 0 aliphatic carbocycles. The molecule has 0 atom stereocenters. The molecule has 2 heterocycles. The lowest BCUT2D eigenvalue weighted by Crippen LogP contribution is -1.89. The fourth-order valence-electron chi connectivity index (χ4n) is 1.04. The highest BCUT2D eigenvalue weighted by Gasteiger charge is 2.08. The third-order valence-electron chi connectivity index (χ3n) is 1.64. The summed E-state index contributed by atoms with van der Waals surface area (Å²) in [5.74, 6) is -0.458. The van der Waals surface area contributed by atoms with E-state index in [1.165, 1.54) is 18.3 Å². The summed E-state index contributed by atoms with van der Waals surface area (Å²) in [7, 11) is 0. The molecule has 2 aromatic heterocycles. The van der Waals surface area contributed by atoms with Gasteiger partial charge in [0.2, 0.25) is 0 Å². The van der Waals surface area contributed by atoms with Gasteiger partial charge in [-0.3, -0.25) is 9.67 Å². The van der Waals surface area contributed by atoms with Crippen molar-refractivity contribution in [1.82, 2.24) is 14.8 Å². The molecule has 0 aliphatic rings. The lowest BCUT2D eigenvalue weighted by molar-refractivity contribution is 0.621. The molecule has 72 valence electrons. The molecule has 2 rings (SSSR count). The average Bonchev–Trinajstić information content (AvgIpc) is 2.61. The van der Waals surface area contributed by atoms with Gasteiger partial charge in [0.05, 0.1) is 16.4 Å². The minimum atomic E-state index is -2.35. The molecule has 0 fully saturated rings. The molecule has 0 unspecified atom stereocenters. The third-order valence-corrected chi connectivity index (χ3v) is 2.22. The number of aromatic nitrogens is 3. The molecule has 0 saturated carbocycles. The van der Waals surface area contributed by atoms with Gasteiger partial charge in [0, 0.05) is 17.3 Å². The van der Waals surface area contributed by atoms with Crippen LogP contribution in [-0.2, 0) is 6.98 Å². The first-order chi connectivity index (χ1) is 7.88. The standard InChI is InChI=1S/C9H7BrFN3/c1-14-5-7(10)9(13-14)8-3-2-6(11)4-12-8/h2-5H,1H3/i1D3. The highest BCUT2D eigenvalue weighted by atomic mass is 79.9. The zero-order chi connectivity index (χ0) is 12.6. The summed E-state index contributed by atoms with van der Waals surface area (Å²) in [6.45, 7) is -2.35. The lowest BCUT2D eigenvalue weighted by Gasteiger charge is -1.95. The van der Waals surface area contributed by atoms with Gasteiger partial charge in [0.15, 0.2) is 0 Å². The Balaban J connectivity index is 2.46. The highest BCUT2D eigenvalue weighted by Crippen LogP contribution is 2.24. The van der Waals surface area contributed by atoms with Gasteiger partial charge < -0.3 is 0 Å². The Morgan fingerprint density at radius 3 is 3.00 bits per heavy atom. The van der Waals surface area contributed by atoms with Crippen LogP contribution in [0.25, 0.3) is 11.4 Å². The minimum absolute atomic E-state index is 0.362. The van der Waals surface area contributed by atoms with E-state index in [-0.39, 0.29) is 0 Å². The molecule has 0 aromatic carbocycles. The topological polar surface area (TPSA) is 30.7 Å². The van der Waals surface area contributed by atoms with Gasteiger partial charge in [-0.2, -0.15) is 5.10 Å². The second kappa shape index (κ2) is 3.49. The van der Waals surface area contributed by atoms with Crippen molar-refractivity contribution in [3.63, 3.8) is 0 Å². The molecule has 0 spiro atoms. The monoisotopic (exact) mass is 258 g/mol. The van der Waals surface area contributed by atoms with Gasteiger partial charge in [-0.25, -0.2) is 4.39 Å². The van der Waals surface area contributed by atoms with Crippen LogP contribution < -0.4 is 0 Å². The second-order valence-electron chi connectivity index (χ2n) is 2.63. The molecule has 0 saturated heterocycles. The fraction of sp³-hybridized carbons (Fsp3) is 0.111. The van der Waals surface area contributed by atoms with Gasteiger partial charge in [-0.15, -0.1) is 0 Å². The maximum Gasteiger partial charge on any atom is 0.141 e. The lowest BCUT2D eigenvalue weighted by atomic mass is 10.3. The SMILES string of the molecule is [2H]C([2H])([2H])n1cc(Br)c(-c2ccc(F)cn2)n1. The average molecular weight is 259 g/mol. The largest absolute Gasteiger partial charge is 0.274 e. The van der Waals surface area contributed by atoms with Gasteiger partial charge in [0.25, 0.3) is 0 Å². The second-order valence-corrected chi connectivity index (χ2v) is 3.49. The van der Waals surface area contributed by atoms with Crippen LogP contribution in [0, 0.1) is 5.82 Å². The summed E-state index contributed by atoms with van der Waals surface area (Å²) < 4.78 is 35.7. The first kappa shape index (κ1) is 6.29. The van der Waals surface area contributed by atoms with Gasteiger partial charge in [-0.1, -0.05) is 0 Å². The van der Waals surface area contributed by atoms with Crippen molar-refractivity contribution >= 4 is 15.9 Å². The zero-order valence-corrected chi connectivity index (χ0v) is 8.49. The van der Waals surface area contributed by atoms with E-state index in [4.69, 9.17) is 4.11 Å². The maximum absolute atomic E-state index is 12.7. The van der Waals surface area contributed by atoms with Crippen molar-refractivity contribution in [2.24, 2.45) is 6.98 Å². The van der Waals surface area contributed by atoms with Gasteiger partial charge in [0.1, 0.15) is 11.5 Å². The van der Waals surface area contributed by atoms with E-state index < -0.39 is 12.8 Å². The molecule has 0 bridgehead atoms. The van der Waals surface area contributed by atoms with Crippen molar-refractivity contribution in [2.45, 2.75) is 0 Å². The molecule has 3 nitrogen and oxygen atoms in total. The Morgan fingerprint density at radius 1 is 1.57 bits per heavy atom. The zero-order valence-electron chi connectivity index (χ0n) is 9.91. The number of halogens is 2. The molecule has 0 radical (unpaired) electrons.